The van der Waals surface area contributed by atoms with Gasteiger partial charge in [-0.2, -0.15) is 0 Å². The van der Waals surface area contributed by atoms with Crippen molar-refractivity contribution < 1.29 is 5.11 Å². The fourth-order valence-corrected chi connectivity index (χ4v) is 1.98. The molecule has 0 fully saturated rings. The molecular weight excluding hydrogens is 258 g/mol. The van der Waals surface area contributed by atoms with Crippen molar-refractivity contribution in [3.8, 4) is 0 Å². The Morgan fingerprint density at radius 2 is 2.20 bits per heavy atom. The van der Waals surface area contributed by atoms with E-state index in [2.05, 4.69) is 20.9 Å². The van der Waals surface area contributed by atoms with Crippen LogP contribution in [0.25, 0.3) is 10.9 Å². The van der Waals surface area contributed by atoms with Crippen LogP contribution < -0.4 is 5.43 Å². The molecule has 3 nitrogen and oxygen atoms in total. The molecule has 2 N–H and O–H groups in total. The number of fused-ring (bicyclic) bond motifs is 1. The van der Waals surface area contributed by atoms with E-state index in [0.717, 1.165) is 15.7 Å². The second-order valence-corrected chi connectivity index (χ2v) is 4.32. The number of hydrogen-bond acceptors (Lipinski definition) is 2. The minimum Gasteiger partial charge on any atom is -0.391 e. The molecule has 0 bridgehead atoms. The fourth-order valence-electron chi connectivity index (χ4n) is 1.61. The molecule has 0 amide bonds. The third kappa shape index (κ3) is 1.70. The first kappa shape index (κ1) is 10.4. The van der Waals surface area contributed by atoms with Crippen molar-refractivity contribution in [2.75, 3.05) is 0 Å². The predicted octanol–water partition coefficient (Wildman–Crippen LogP) is 2.09. The summed E-state index contributed by atoms with van der Waals surface area (Å²) in [6, 6.07) is 5.47. The minimum absolute atomic E-state index is 0.106. The largest absolute Gasteiger partial charge is 0.391 e. The summed E-state index contributed by atoms with van der Waals surface area (Å²) in [7, 11) is 0. The van der Waals surface area contributed by atoms with Crippen molar-refractivity contribution in [2.24, 2.45) is 0 Å². The molecule has 0 saturated heterocycles. The number of aromatic amines is 1. The Hall–Kier alpha value is -1.13. The van der Waals surface area contributed by atoms with Crippen molar-refractivity contribution in [1.29, 1.82) is 0 Å². The zero-order chi connectivity index (χ0) is 11.0. The van der Waals surface area contributed by atoms with E-state index in [9.17, 15) is 4.79 Å². The SMILES string of the molecule is Cc1[nH]c2ccc(Br)cc2c(=O)c1CO. The summed E-state index contributed by atoms with van der Waals surface area (Å²) in [5.41, 5.74) is 1.83. The van der Waals surface area contributed by atoms with Gasteiger partial charge in [-0.25, -0.2) is 0 Å². The molecule has 0 spiro atoms. The first-order valence-corrected chi connectivity index (χ1v) is 5.34. The average molecular weight is 268 g/mol. The van der Waals surface area contributed by atoms with Crippen molar-refractivity contribution in [3.63, 3.8) is 0 Å². The van der Waals surface area contributed by atoms with E-state index in [1.807, 2.05) is 12.1 Å². The highest BCUT2D eigenvalue weighted by Gasteiger charge is 2.08. The van der Waals surface area contributed by atoms with Crippen LogP contribution in [-0.4, -0.2) is 10.1 Å². The second-order valence-electron chi connectivity index (χ2n) is 3.41. The topological polar surface area (TPSA) is 53.1 Å². The van der Waals surface area contributed by atoms with Gasteiger partial charge in [-0.15, -0.1) is 0 Å². The summed E-state index contributed by atoms with van der Waals surface area (Å²) in [6.07, 6.45) is 0. The molecule has 78 valence electrons. The Morgan fingerprint density at radius 1 is 1.47 bits per heavy atom. The van der Waals surface area contributed by atoms with Crippen LogP contribution in [0.5, 0.6) is 0 Å². The maximum atomic E-state index is 11.9. The standard InChI is InChI=1S/C11H10BrNO2/c1-6-9(5-14)11(15)8-4-7(12)2-3-10(8)13-6/h2-4,14H,5H2,1H3,(H,13,15). The molecule has 0 aliphatic heterocycles. The summed E-state index contributed by atoms with van der Waals surface area (Å²) in [5, 5.41) is 9.69. The lowest BCUT2D eigenvalue weighted by molar-refractivity contribution is 0.279. The van der Waals surface area contributed by atoms with E-state index in [4.69, 9.17) is 5.11 Å². The van der Waals surface area contributed by atoms with Crippen LogP contribution in [0.4, 0.5) is 0 Å². The predicted molar refractivity (Wildman–Crippen MR) is 62.9 cm³/mol. The lowest BCUT2D eigenvalue weighted by atomic mass is 10.1. The molecule has 15 heavy (non-hydrogen) atoms. The van der Waals surface area contributed by atoms with Crippen molar-refractivity contribution in [1.82, 2.24) is 4.98 Å². The number of hydrogen-bond donors (Lipinski definition) is 2. The fraction of sp³-hybridized carbons (Fsp3) is 0.182. The smallest absolute Gasteiger partial charge is 0.195 e. The lowest BCUT2D eigenvalue weighted by Crippen LogP contribution is -2.13. The van der Waals surface area contributed by atoms with Gasteiger partial charge in [0.15, 0.2) is 5.43 Å². The molecule has 0 aliphatic rings. The number of pyridine rings is 1. The first-order valence-electron chi connectivity index (χ1n) is 4.55. The summed E-state index contributed by atoms with van der Waals surface area (Å²) >= 11 is 3.32. The second kappa shape index (κ2) is 3.79. The Morgan fingerprint density at radius 3 is 2.87 bits per heavy atom. The van der Waals surface area contributed by atoms with Gasteiger partial charge in [-0.3, -0.25) is 4.79 Å². The van der Waals surface area contributed by atoms with Gasteiger partial charge in [-0.05, 0) is 25.1 Å². The quantitative estimate of drug-likeness (QED) is 0.832. The number of H-pyrrole nitrogens is 1. The maximum Gasteiger partial charge on any atom is 0.195 e. The number of aromatic nitrogens is 1. The lowest BCUT2D eigenvalue weighted by Gasteiger charge is -2.05. The van der Waals surface area contributed by atoms with Crippen LogP contribution in [0.15, 0.2) is 27.5 Å². The molecule has 2 rings (SSSR count). The molecule has 0 radical (unpaired) electrons. The van der Waals surface area contributed by atoms with Gasteiger partial charge >= 0.3 is 0 Å². The summed E-state index contributed by atoms with van der Waals surface area (Å²) in [6.45, 7) is 1.55. The molecule has 1 aromatic heterocycles. The number of benzene rings is 1. The van der Waals surface area contributed by atoms with E-state index >= 15 is 0 Å². The number of aryl methyl sites for hydroxylation is 1. The van der Waals surface area contributed by atoms with E-state index in [-0.39, 0.29) is 12.0 Å². The van der Waals surface area contributed by atoms with E-state index < -0.39 is 0 Å². The number of aliphatic hydroxyl groups is 1. The number of nitrogens with one attached hydrogen (secondary N) is 1. The summed E-state index contributed by atoms with van der Waals surface area (Å²) in [4.78, 5) is 15.0. The summed E-state index contributed by atoms with van der Waals surface area (Å²) < 4.78 is 0.855. The highest BCUT2D eigenvalue weighted by atomic mass is 79.9. The Bertz CT molecular complexity index is 575. The summed E-state index contributed by atoms with van der Waals surface area (Å²) in [5.74, 6) is 0. The molecule has 2 aromatic rings. The van der Waals surface area contributed by atoms with Crippen LogP contribution in [0.3, 0.4) is 0 Å². The minimum atomic E-state index is -0.233. The number of rotatable bonds is 1. The van der Waals surface area contributed by atoms with Gasteiger partial charge in [0.25, 0.3) is 0 Å². The monoisotopic (exact) mass is 267 g/mol. The zero-order valence-corrected chi connectivity index (χ0v) is 9.76. The van der Waals surface area contributed by atoms with Crippen LogP contribution in [0.2, 0.25) is 0 Å². The Kier molecular flexibility index (Phi) is 2.63. The van der Waals surface area contributed by atoms with Crippen LogP contribution >= 0.6 is 15.9 Å². The third-order valence-electron chi connectivity index (χ3n) is 2.43. The van der Waals surface area contributed by atoms with Gasteiger partial charge < -0.3 is 10.1 Å². The van der Waals surface area contributed by atoms with Gasteiger partial charge in [0.05, 0.1) is 6.61 Å². The molecule has 4 heteroatoms. The van der Waals surface area contributed by atoms with E-state index in [0.29, 0.717) is 10.9 Å². The van der Waals surface area contributed by atoms with Crippen molar-refractivity contribution in [3.05, 3.63) is 44.2 Å². The van der Waals surface area contributed by atoms with Crippen LogP contribution in [-0.2, 0) is 6.61 Å². The Balaban J connectivity index is 2.92. The molecule has 0 atom stereocenters. The normalized spacial score (nSPS) is 10.9. The van der Waals surface area contributed by atoms with Gasteiger partial charge in [0, 0.05) is 26.6 Å². The molecule has 0 aliphatic carbocycles. The first-order chi connectivity index (χ1) is 7.13. The Labute approximate surface area is 94.9 Å². The third-order valence-corrected chi connectivity index (χ3v) is 2.93. The van der Waals surface area contributed by atoms with Gasteiger partial charge in [-0.1, -0.05) is 15.9 Å². The van der Waals surface area contributed by atoms with E-state index in [1.165, 1.54) is 0 Å². The van der Waals surface area contributed by atoms with Gasteiger partial charge in [0.2, 0.25) is 0 Å². The average Bonchev–Trinajstić information content (AvgIpc) is 2.20. The highest BCUT2D eigenvalue weighted by molar-refractivity contribution is 9.10. The van der Waals surface area contributed by atoms with Crippen molar-refractivity contribution in [2.45, 2.75) is 13.5 Å². The molecule has 0 unspecified atom stereocenters. The number of halogens is 1. The van der Waals surface area contributed by atoms with Gasteiger partial charge in [0.1, 0.15) is 0 Å². The van der Waals surface area contributed by atoms with Crippen LogP contribution in [0, 0.1) is 6.92 Å². The van der Waals surface area contributed by atoms with Crippen molar-refractivity contribution >= 4 is 26.8 Å². The van der Waals surface area contributed by atoms with Crippen LogP contribution in [0.1, 0.15) is 11.3 Å². The molecular formula is C11H10BrNO2. The molecule has 1 aromatic carbocycles. The molecule has 1 heterocycles. The zero-order valence-electron chi connectivity index (χ0n) is 8.17. The van der Waals surface area contributed by atoms with E-state index in [1.54, 1.807) is 13.0 Å². The highest BCUT2D eigenvalue weighted by Crippen LogP contribution is 2.17. The maximum absolute atomic E-state index is 11.9. The number of aliphatic hydroxyl groups excluding tert-OH is 1. The molecule has 0 saturated carbocycles.